The zero-order valence-corrected chi connectivity index (χ0v) is 10.1. The van der Waals surface area contributed by atoms with E-state index in [4.69, 9.17) is 4.74 Å². The van der Waals surface area contributed by atoms with Crippen molar-refractivity contribution in [1.82, 2.24) is 5.32 Å². The summed E-state index contributed by atoms with van der Waals surface area (Å²) in [5, 5.41) is 2.84. The molecule has 0 bridgehead atoms. The molecule has 17 heavy (non-hydrogen) atoms. The minimum Gasteiger partial charge on any atom is -0.466 e. The molecular weight excluding hydrogens is 218 g/mol. The summed E-state index contributed by atoms with van der Waals surface area (Å²) in [7, 11) is 1.66. The Morgan fingerprint density at radius 2 is 1.94 bits per heavy atom. The molecule has 1 atom stereocenters. The summed E-state index contributed by atoms with van der Waals surface area (Å²) < 4.78 is 4.83. The first-order chi connectivity index (χ1) is 8.19. The third kappa shape index (κ3) is 4.00. The molecule has 4 nitrogen and oxygen atoms in total. The highest BCUT2D eigenvalue weighted by Crippen LogP contribution is 2.06. The Bertz CT molecular complexity index is 376. The van der Waals surface area contributed by atoms with Crippen LogP contribution in [-0.4, -0.2) is 31.4 Å². The molecule has 1 aromatic carbocycles. The SMILES string of the molecule is CCOC(=O)CC(NC)C(=O)c1ccccc1. The number of ketones is 1. The van der Waals surface area contributed by atoms with Crippen molar-refractivity contribution in [2.45, 2.75) is 19.4 Å². The minimum absolute atomic E-state index is 0.0536. The van der Waals surface area contributed by atoms with Crippen LogP contribution in [0, 0.1) is 0 Å². The van der Waals surface area contributed by atoms with Crippen LogP contribution in [0.4, 0.5) is 0 Å². The van der Waals surface area contributed by atoms with Crippen molar-refractivity contribution in [2.24, 2.45) is 0 Å². The van der Waals surface area contributed by atoms with Gasteiger partial charge in [0.05, 0.1) is 19.1 Å². The van der Waals surface area contributed by atoms with Gasteiger partial charge in [0.25, 0.3) is 0 Å². The average molecular weight is 235 g/mol. The highest BCUT2D eigenvalue weighted by Gasteiger charge is 2.21. The van der Waals surface area contributed by atoms with Crippen LogP contribution < -0.4 is 5.32 Å². The van der Waals surface area contributed by atoms with Crippen LogP contribution in [0.1, 0.15) is 23.7 Å². The maximum Gasteiger partial charge on any atom is 0.307 e. The normalized spacial score (nSPS) is 11.9. The van der Waals surface area contributed by atoms with Crippen LogP contribution in [0.25, 0.3) is 0 Å². The van der Waals surface area contributed by atoms with E-state index in [2.05, 4.69) is 5.32 Å². The van der Waals surface area contributed by atoms with Gasteiger partial charge in [-0.25, -0.2) is 0 Å². The summed E-state index contributed by atoms with van der Waals surface area (Å²) in [5.41, 5.74) is 0.594. The molecule has 0 spiro atoms. The fourth-order valence-corrected chi connectivity index (χ4v) is 1.52. The standard InChI is InChI=1S/C13H17NO3/c1-3-17-12(15)9-11(14-2)13(16)10-7-5-4-6-8-10/h4-8,11,14H,3,9H2,1-2H3. The van der Waals surface area contributed by atoms with Gasteiger partial charge >= 0.3 is 5.97 Å². The molecular formula is C13H17NO3. The number of nitrogens with one attached hydrogen (secondary N) is 1. The number of rotatable bonds is 6. The number of benzene rings is 1. The van der Waals surface area contributed by atoms with E-state index < -0.39 is 6.04 Å². The zero-order valence-electron chi connectivity index (χ0n) is 10.1. The zero-order chi connectivity index (χ0) is 12.7. The summed E-state index contributed by atoms with van der Waals surface area (Å²) in [6.45, 7) is 2.07. The third-order valence-electron chi connectivity index (χ3n) is 2.40. The van der Waals surface area contributed by atoms with Gasteiger partial charge in [-0.2, -0.15) is 0 Å². The van der Waals surface area contributed by atoms with E-state index in [9.17, 15) is 9.59 Å². The molecule has 4 heteroatoms. The molecule has 0 aromatic heterocycles. The maximum atomic E-state index is 12.0. The van der Waals surface area contributed by atoms with Gasteiger partial charge in [-0.15, -0.1) is 0 Å². The number of esters is 1. The van der Waals surface area contributed by atoms with E-state index >= 15 is 0 Å². The number of carbonyl (C=O) groups is 2. The number of hydrogen-bond acceptors (Lipinski definition) is 4. The van der Waals surface area contributed by atoms with Crippen LogP contribution in [0.3, 0.4) is 0 Å². The number of Topliss-reactive ketones (excluding diaryl/α,β-unsaturated/α-hetero) is 1. The Kier molecular flexibility index (Phi) is 5.36. The molecule has 0 amide bonds. The van der Waals surface area contributed by atoms with Gasteiger partial charge < -0.3 is 10.1 Å². The lowest BCUT2D eigenvalue weighted by molar-refractivity contribution is -0.143. The lowest BCUT2D eigenvalue weighted by Crippen LogP contribution is -2.36. The molecule has 0 aliphatic heterocycles. The van der Waals surface area contributed by atoms with E-state index in [1.54, 1.807) is 38.2 Å². The third-order valence-corrected chi connectivity index (χ3v) is 2.40. The molecule has 0 fully saturated rings. The van der Waals surface area contributed by atoms with Crippen molar-refractivity contribution >= 4 is 11.8 Å². The lowest BCUT2D eigenvalue weighted by atomic mass is 10.0. The fraction of sp³-hybridized carbons (Fsp3) is 0.385. The van der Waals surface area contributed by atoms with Gasteiger partial charge in [-0.1, -0.05) is 30.3 Å². The van der Waals surface area contributed by atoms with Gasteiger partial charge in [-0.05, 0) is 14.0 Å². The van der Waals surface area contributed by atoms with Gasteiger partial charge in [0, 0.05) is 5.56 Å². The first kappa shape index (κ1) is 13.4. The first-order valence-corrected chi connectivity index (χ1v) is 5.61. The Labute approximate surface area is 101 Å². The first-order valence-electron chi connectivity index (χ1n) is 5.61. The molecule has 0 heterocycles. The van der Waals surface area contributed by atoms with E-state index in [-0.39, 0.29) is 18.2 Å². The van der Waals surface area contributed by atoms with Crippen molar-refractivity contribution in [3.05, 3.63) is 35.9 Å². The summed E-state index contributed by atoms with van der Waals surface area (Å²) in [6.07, 6.45) is 0.0536. The monoisotopic (exact) mass is 235 g/mol. The fourth-order valence-electron chi connectivity index (χ4n) is 1.52. The van der Waals surface area contributed by atoms with E-state index in [1.165, 1.54) is 0 Å². The van der Waals surface area contributed by atoms with Crippen molar-refractivity contribution in [1.29, 1.82) is 0 Å². The summed E-state index contributed by atoms with van der Waals surface area (Å²) in [5.74, 6) is -0.461. The van der Waals surface area contributed by atoms with Crippen molar-refractivity contribution in [3.63, 3.8) is 0 Å². The Morgan fingerprint density at radius 3 is 2.47 bits per heavy atom. The van der Waals surface area contributed by atoms with Gasteiger partial charge in [-0.3, -0.25) is 9.59 Å². The molecule has 1 N–H and O–H groups in total. The van der Waals surface area contributed by atoms with E-state index in [1.807, 2.05) is 6.07 Å². The topological polar surface area (TPSA) is 55.4 Å². The molecule has 0 saturated carbocycles. The lowest BCUT2D eigenvalue weighted by Gasteiger charge is -2.13. The Balaban J connectivity index is 2.68. The maximum absolute atomic E-state index is 12.0. The van der Waals surface area contributed by atoms with Crippen LogP contribution in [-0.2, 0) is 9.53 Å². The van der Waals surface area contributed by atoms with Gasteiger partial charge in [0.2, 0.25) is 0 Å². The van der Waals surface area contributed by atoms with E-state index in [0.717, 1.165) is 0 Å². The average Bonchev–Trinajstić information content (AvgIpc) is 2.36. The van der Waals surface area contributed by atoms with E-state index in [0.29, 0.717) is 12.2 Å². The highest BCUT2D eigenvalue weighted by molar-refractivity contribution is 6.01. The molecule has 1 aromatic rings. The second kappa shape index (κ2) is 6.81. The number of likely N-dealkylation sites (N-methyl/N-ethyl adjacent to an activating group) is 1. The summed E-state index contributed by atoms with van der Waals surface area (Å²) >= 11 is 0. The number of ether oxygens (including phenoxy) is 1. The van der Waals surface area contributed by atoms with Crippen molar-refractivity contribution in [3.8, 4) is 0 Å². The molecule has 0 aliphatic rings. The predicted octanol–water partition coefficient (Wildman–Crippen LogP) is 1.41. The molecule has 0 aliphatic carbocycles. The smallest absolute Gasteiger partial charge is 0.307 e. The van der Waals surface area contributed by atoms with Crippen LogP contribution in [0.5, 0.6) is 0 Å². The summed E-state index contributed by atoms with van der Waals surface area (Å²) in [4.78, 5) is 23.4. The number of hydrogen-bond donors (Lipinski definition) is 1. The minimum atomic E-state index is -0.531. The molecule has 1 rings (SSSR count). The Morgan fingerprint density at radius 1 is 1.29 bits per heavy atom. The molecule has 0 saturated heterocycles. The van der Waals surface area contributed by atoms with Crippen LogP contribution >= 0.6 is 0 Å². The quantitative estimate of drug-likeness (QED) is 0.598. The molecule has 92 valence electrons. The molecule has 0 radical (unpaired) electrons. The second-order valence-corrected chi connectivity index (χ2v) is 3.58. The van der Waals surface area contributed by atoms with Crippen molar-refractivity contribution < 1.29 is 14.3 Å². The largest absolute Gasteiger partial charge is 0.466 e. The van der Waals surface area contributed by atoms with Gasteiger partial charge in [0.1, 0.15) is 0 Å². The van der Waals surface area contributed by atoms with Crippen molar-refractivity contribution in [2.75, 3.05) is 13.7 Å². The van der Waals surface area contributed by atoms with Gasteiger partial charge in [0.15, 0.2) is 5.78 Å². The number of carbonyl (C=O) groups excluding carboxylic acids is 2. The van der Waals surface area contributed by atoms with Crippen LogP contribution in [0.2, 0.25) is 0 Å². The molecule has 1 unspecified atom stereocenters. The predicted molar refractivity (Wildman–Crippen MR) is 64.9 cm³/mol. The van der Waals surface area contributed by atoms with Crippen LogP contribution in [0.15, 0.2) is 30.3 Å². The highest BCUT2D eigenvalue weighted by atomic mass is 16.5. The Hall–Kier alpha value is -1.68. The second-order valence-electron chi connectivity index (χ2n) is 3.58. The summed E-state index contributed by atoms with van der Waals surface area (Å²) in [6, 6.07) is 8.37.